The zero-order chi connectivity index (χ0) is 30.0. The van der Waals surface area contributed by atoms with Crippen molar-refractivity contribution in [3.63, 3.8) is 0 Å². The standard InChI is InChI=1S/C28H29ClF3N5O4S/c1-16-3-2-6-37(16)15-23-26(18-9-19(29)11-20(10-18)41-28(30,31)32)35-25(42-23)12-22(38)21-13-34-24(14-33-21)36-7-4-17(5-8-36)27(39)40/h9-11,13-14,16-17H,2-8,12,15H2,1H3,(H,39,40)/t16-/m1/s1. The third-order valence-electron chi connectivity index (χ3n) is 7.56. The van der Waals surface area contributed by atoms with Crippen LogP contribution in [0.25, 0.3) is 11.3 Å². The molecular formula is C28H29ClF3N5O4S. The van der Waals surface area contributed by atoms with E-state index in [1.807, 2.05) is 4.90 Å². The first-order valence-electron chi connectivity index (χ1n) is 13.6. The largest absolute Gasteiger partial charge is 0.573 e. The number of halogens is 4. The summed E-state index contributed by atoms with van der Waals surface area (Å²) in [6, 6.07) is 4.22. The summed E-state index contributed by atoms with van der Waals surface area (Å²) in [6.45, 7) is 4.64. The van der Waals surface area contributed by atoms with Crippen LogP contribution >= 0.6 is 22.9 Å². The van der Waals surface area contributed by atoms with E-state index in [0.29, 0.717) is 60.6 Å². The summed E-state index contributed by atoms with van der Waals surface area (Å²) < 4.78 is 42.9. The van der Waals surface area contributed by atoms with Gasteiger partial charge >= 0.3 is 12.3 Å². The van der Waals surface area contributed by atoms with Crippen molar-refractivity contribution >= 4 is 40.5 Å². The number of thiazole rings is 1. The molecule has 1 atom stereocenters. The molecule has 42 heavy (non-hydrogen) atoms. The van der Waals surface area contributed by atoms with Crippen LogP contribution in [0.2, 0.25) is 5.02 Å². The Balaban J connectivity index is 1.35. The molecule has 1 N–H and O–H groups in total. The fourth-order valence-corrected chi connectivity index (χ4v) is 6.67. The molecule has 3 aromatic rings. The van der Waals surface area contributed by atoms with E-state index in [0.717, 1.165) is 30.3 Å². The first-order valence-corrected chi connectivity index (χ1v) is 14.8. The van der Waals surface area contributed by atoms with Crippen LogP contribution in [-0.2, 0) is 17.8 Å². The van der Waals surface area contributed by atoms with Gasteiger partial charge in [-0.1, -0.05) is 11.6 Å². The maximum Gasteiger partial charge on any atom is 0.573 e. The molecule has 2 fully saturated rings. The van der Waals surface area contributed by atoms with Crippen molar-refractivity contribution in [1.29, 1.82) is 0 Å². The van der Waals surface area contributed by atoms with Crippen molar-refractivity contribution in [2.24, 2.45) is 5.92 Å². The summed E-state index contributed by atoms with van der Waals surface area (Å²) in [4.78, 5) is 42.8. The number of benzene rings is 1. The summed E-state index contributed by atoms with van der Waals surface area (Å²) in [5, 5.41) is 9.77. The Labute approximate surface area is 249 Å². The number of carboxylic acid groups (broad SMARTS) is 1. The smallest absolute Gasteiger partial charge is 0.481 e. The van der Waals surface area contributed by atoms with Gasteiger partial charge in [0.05, 0.1) is 30.4 Å². The van der Waals surface area contributed by atoms with E-state index in [9.17, 15) is 27.9 Å². The molecule has 4 heterocycles. The molecule has 0 unspecified atom stereocenters. The number of carboxylic acids is 1. The molecular weight excluding hydrogens is 595 g/mol. The van der Waals surface area contributed by atoms with Crippen molar-refractivity contribution in [1.82, 2.24) is 19.9 Å². The Bertz CT molecular complexity index is 1440. The minimum atomic E-state index is -4.87. The van der Waals surface area contributed by atoms with E-state index in [1.165, 1.54) is 35.9 Å². The third-order valence-corrected chi connectivity index (χ3v) is 8.82. The summed E-state index contributed by atoms with van der Waals surface area (Å²) in [5.41, 5.74) is 0.992. The Morgan fingerprint density at radius 1 is 1.12 bits per heavy atom. The Hall–Kier alpha value is -3.29. The molecule has 0 saturated carbocycles. The second-order valence-electron chi connectivity index (χ2n) is 10.5. The number of piperidine rings is 1. The number of ether oxygens (including phenoxy) is 1. The lowest BCUT2D eigenvalue weighted by molar-refractivity contribution is -0.274. The normalized spacial score (nSPS) is 18.4. The van der Waals surface area contributed by atoms with Gasteiger partial charge in [0.25, 0.3) is 0 Å². The predicted molar refractivity (Wildman–Crippen MR) is 151 cm³/mol. The third kappa shape index (κ3) is 7.37. The van der Waals surface area contributed by atoms with Gasteiger partial charge in [-0.05, 0) is 57.4 Å². The van der Waals surface area contributed by atoms with Gasteiger partial charge in [-0.15, -0.1) is 24.5 Å². The van der Waals surface area contributed by atoms with Crippen molar-refractivity contribution in [3.05, 3.63) is 51.2 Å². The van der Waals surface area contributed by atoms with Crippen molar-refractivity contribution < 1.29 is 32.6 Å². The van der Waals surface area contributed by atoms with Crippen LogP contribution in [-0.4, -0.2) is 68.7 Å². The second-order valence-corrected chi connectivity index (χ2v) is 12.1. The quantitative estimate of drug-likeness (QED) is 0.293. The molecule has 2 aliphatic rings. The maximum absolute atomic E-state index is 13.1. The highest BCUT2D eigenvalue weighted by atomic mass is 35.5. The van der Waals surface area contributed by atoms with Gasteiger partial charge in [-0.2, -0.15) is 0 Å². The molecule has 0 spiro atoms. The fourth-order valence-electron chi connectivity index (χ4n) is 5.32. The summed E-state index contributed by atoms with van der Waals surface area (Å²) in [7, 11) is 0. The summed E-state index contributed by atoms with van der Waals surface area (Å²) in [5.74, 6) is -1.33. The molecule has 2 aromatic heterocycles. The lowest BCUT2D eigenvalue weighted by Crippen LogP contribution is -2.36. The highest BCUT2D eigenvalue weighted by Crippen LogP contribution is 2.36. The minimum absolute atomic E-state index is 0.0578. The average Bonchev–Trinajstić information content (AvgIpc) is 3.53. The number of hydrogen-bond acceptors (Lipinski definition) is 9. The zero-order valence-electron chi connectivity index (χ0n) is 22.7. The molecule has 0 radical (unpaired) electrons. The van der Waals surface area contributed by atoms with Gasteiger partial charge in [-0.25, -0.2) is 15.0 Å². The molecule has 1 aromatic carbocycles. The van der Waals surface area contributed by atoms with Crippen LogP contribution in [0.4, 0.5) is 19.0 Å². The number of carbonyl (C=O) groups is 2. The van der Waals surface area contributed by atoms with Crippen LogP contribution in [0.1, 0.15) is 53.0 Å². The SMILES string of the molecule is C[C@@H]1CCCN1Cc1sc(CC(=O)c2cnc(N3CCC(C(=O)O)CC3)cn2)nc1-c1cc(Cl)cc(OC(F)(F)F)c1. The van der Waals surface area contributed by atoms with E-state index < -0.39 is 18.1 Å². The number of carbonyl (C=O) groups excluding carboxylic acids is 1. The van der Waals surface area contributed by atoms with Gasteiger partial charge in [0.2, 0.25) is 0 Å². The van der Waals surface area contributed by atoms with E-state index in [1.54, 1.807) is 0 Å². The first-order chi connectivity index (χ1) is 19.9. The molecule has 224 valence electrons. The monoisotopic (exact) mass is 623 g/mol. The number of rotatable bonds is 9. The highest BCUT2D eigenvalue weighted by Gasteiger charge is 2.32. The van der Waals surface area contributed by atoms with Gasteiger partial charge in [0, 0.05) is 41.1 Å². The number of anilines is 1. The van der Waals surface area contributed by atoms with E-state index in [4.69, 9.17) is 11.6 Å². The predicted octanol–water partition coefficient (Wildman–Crippen LogP) is 5.86. The Kier molecular flexibility index (Phi) is 9.00. The van der Waals surface area contributed by atoms with Crippen molar-refractivity contribution in [2.45, 2.75) is 58.0 Å². The van der Waals surface area contributed by atoms with E-state index in [2.05, 4.69) is 31.5 Å². The van der Waals surface area contributed by atoms with Gasteiger partial charge < -0.3 is 14.7 Å². The lowest BCUT2D eigenvalue weighted by atomic mass is 9.97. The molecule has 9 nitrogen and oxygen atoms in total. The number of likely N-dealkylation sites (tertiary alicyclic amines) is 1. The zero-order valence-corrected chi connectivity index (χ0v) is 24.3. The number of hydrogen-bond donors (Lipinski definition) is 1. The second kappa shape index (κ2) is 12.5. The minimum Gasteiger partial charge on any atom is -0.481 e. The van der Waals surface area contributed by atoms with Crippen molar-refractivity contribution in [2.75, 3.05) is 24.5 Å². The summed E-state index contributed by atoms with van der Waals surface area (Å²) in [6.07, 6.45) is 1.10. The van der Waals surface area contributed by atoms with Gasteiger partial charge in [0.15, 0.2) is 5.78 Å². The Morgan fingerprint density at radius 3 is 2.50 bits per heavy atom. The lowest BCUT2D eigenvalue weighted by Gasteiger charge is -2.30. The van der Waals surface area contributed by atoms with Crippen LogP contribution in [0.5, 0.6) is 5.75 Å². The van der Waals surface area contributed by atoms with Gasteiger partial charge in [0.1, 0.15) is 22.3 Å². The van der Waals surface area contributed by atoms with E-state index >= 15 is 0 Å². The number of aliphatic carboxylic acids is 1. The average molecular weight is 624 g/mol. The number of nitrogens with zero attached hydrogens (tertiary/aromatic N) is 5. The molecule has 14 heteroatoms. The van der Waals surface area contributed by atoms with Crippen molar-refractivity contribution in [3.8, 4) is 17.0 Å². The molecule has 0 aliphatic carbocycles. The van der Waals surface area contributed by atoms with Crippen LogP contribution in [0.15, 0.2) is 30.6 Å². The molecule has 0 bridgehead atoms. The van der Waals surface area contributed by atoms with Crippen LogP contribution in [0.3, 0.4) is 0 Å². The van der Waals surface area contributed by atoms with Crippen LogP contribution < -0.4 is 9.64 Å². The van der Waals surface area contributed by atoms with Crippen LogP contribution in [0, 0.1) is 5.92 Å². The number of alkyl halides is 3. The van der Waals surface area contributed by atoms with E-state index in [-0.39, 0.29) is 28.8 Å². The first kappa shape index (κ1) is 30.2. The fraction of sp³-hybridized carbons (Fsp3) is 0.464. The maximum atomic E-state index is 13.1. The number of aromatic nitrogens is 3. The molecule has 2 aliphatic heterocycles. The highest BCUT2D eigenvalue weighted by molar-refractivity contribution is 7.12. The molecule has 2 saturated heterocycles. The van der Waals surface area contributed by atoms with Gasteiger partial charge in [-0.3, -0.25) is 14.5 Å². The summed E-state index contributed by atoms with van der Waals surface area (Å²) >= 11 is 7.49. The molecule has 5 rings (SSSR count). The molecule has 0 amide bonds. The Morgan fingerprint density at radius 2 is 1.88 bits per heavy atom. The number of ketones is 1. The topological polar surface area (TPSA) is 109 Å². The number of Topliss-reactive ketones (excluding diaryl/α,β-unsaturated/α-hetero) is 1.